The van der Waals surface area contributed by atoms with Crippen molar-refractivity contribution in [2.24, 2.45) is 0 Å². The van der Waals surface area contributed by atoms with Crippen LogP contribution in [0.5, 0.6) is 11.5 Å². The van der Waals surface area contributed by atoms with Gasteiger partial charge in [0, 0.05) is 18.3 Å². The fourth-order valence-electron chi connectivity index (χ4n) is 2.68. The number of rotatable bonds is 8. The number of hydrogen-bond donors (Lipinski definition) is 2. The number of para-hydroxylation sites is 1. The van der Waals surface area contributed by atoms with Gasteiger partial charge in [-0.2, -0.15) is 0 Å². The Hall–Kier alpha value is -3.61. The van der Waals surface area contributed by atoms with Crippen LogP contribution in [-0.2, 0) is 6.42 Å². The third-order valence-corrected chi connectivity index (χ3v) is 4.13. The zero-order chi connectivity index (χ0) is 19.8. The van der Waals surface area contributed by atoms with E-state index < -0.39 is 0 Å². The smallest absolute Gasteiger partial charge is 0.270 e. The third kappa shape index (κ3) is 4.97. The minimum Gasteiger partial charge on any atom is -0.497 e. The summed E-state index contributed by atoms with van der Waals surface area (Å²) in [7, 11) is 3.25. The molecule has 3 aromatic rings. The van der Waals surface area contributed by atoms with Crippen molar-refractivity contribution in [3.05, 3.63) is 72.2 Å². The van der Waals surface area contributed by atoms with Crippen LogP contribution < -0.4 is 20.1 Å². The molecule has 0 atom stereocenters. The molecule has 0 unspecified atom stereocenters. The van der Waals surface area contributed by atoms with Gasteiger partial charge in [-0.05, 0) is 42.3 Å². The van der Waals surface area contributed by atoms with E-state index in [0.717, 1.165) is 22.7 Å². The van der Waals surface area contributed by atoms with E-state index in [9.17, 15) is 4.79 Å². The molecule has 0 aliphatic heterocycles. The number of anilines is 2. The van der Waals surface area contributed by atoms with Gasteiger partial charge in [0.05, 0.1) is 14.2 Å². The summed E-state index contributed by atoms with van der Waals surface area (Å²) in [6.45, 7) is 0.477. The van der Waals surface area contributed by atoms with Gasteiger partial charge in [-0.3, -0.25) is 4.79 Å². The maximum Gasteiger partial charge on any atom is 0.270 e. The number of methoxy groups -OCH3 is 2. The number of nitrogens with zero attached hydrogens (tertiary/aromatic N) is 2. The number of amides is 1. The molecule has 1 heterocycles. The molecular formula is C21H22N4O3. The minimum atomic E-state index is -0.255. The Kier molecular flexibility index (Phi) is 6.41. The quantitative estimate of drug-likeness (QED) is 0.626. The first-order valence-corrected chi connectivity index (χ1v) is 8.83. The fraction of sp³-hybridized carbons (Fsp3) is 0.190. The maximum atomic E-state index is 12.4. The SMILES string of the molecule is COc1ccc(Nc2cc(C(=O)NCCc3ccccc3OC)ncn2)cc1. The second-order valence-corrected chi connectivity index (χ2v) is 5.96. The monoisotopic (exact) mass is 378 g/mol. The molecule has 0 bridgehead atoms. The van der Waals surface area contributed by atoms with Crippen LogP contribution in [0.3, 0.4) is 0 Å². The Balaban J connectivity index is 1.58. The Labute approximate surface area is 163 Å². The molecule has 0 spiro atoms. The number of benzene rings is 2. The zero-order valence-electron chi connectivity index (χ0n) is 15.8. The highest BCUT2D eigenvalue weighted by Crippen LogP contribution is 2.19. The second-order valence-electron chi connectivity index (χ2n) is 5.96. The maximum absolute atomic E-state index is 12.4. The van der Waals surface area contributed by atoms with E-state index in [4.69, 9.17) is 9.47 Å². The largest absolute Gasteiger partial charge is 0.497 e. The molecule has 7 heteroatoms. The summed E-state index contributed by atoms with van der Waals surface area (Å²) >= 11 is 0. The topological polar surface area (TPSA) is 85.4 Å². The van der Waals surface area contributed by atoms with Crippen molar-refractivity contribution >= 4 is 17.4 Å². The lowest BCUT2D eigenvalue weighted by molar-refractivity contribution is 0.0949. The summed E-state index contributed by atoms with van der Waals surface area (Å²) in [6.07, 6.45) is 2.03. The lowest BCUT2D eigenvalue weighted by atomic mass is 10.1. The summed E-state index contributed by atoms with van der Waals surface area (Å²) in [5, 5.41) is 6.02. The first-order chi connectivity index (χ1) is 13.7. The fourth-order valence-corrected chi connectivity index (χ4v) is 2.68. The summed E-state index contributed by atoms with van der Waals surface area (Å²) < 4.78 is 10.5. The van der Waals surface area contributed by atoms with Crippen LogP contribution in [0.4, 0.5) is 11.5 Å². The van der Waals surface area contributed by atoms with Crippen molar-refractivity contribution in [2.45, 2.75) is 6.42 Å². The zero-order valence-corrected chi connectivity index (χ0v) is 15.8. The molecule has 7 nitrogen and oxygen atoms in total. The van der Waals surface area contributed by atoms with E-state index in [1.807, 2.05) is 48.5 Å². The summed E-state index contributed by atoms with van der Waals surface area (Å²) in [5.74, 6) is 1.86. The highest BCUT2D eigenvalue weighted by Gasteiger charge is 2.09. The third-order valence-electron chi connectivity index (χ3n) is 4.13. The molecule has 0 saturated heterocycles. The second kappa shape index (κ2) is 9.36. The average Bonchev–Trinajstić information content (AvgIpc) is 2.74. The average molecular weight is 378 g/mol. The lowest BCUT2D eigenvalue weighted by Gasteiger charge is -2.10. The van der Waals surface area contributed by atoms with Gasteiger partial charge in [-0.15, -0.1) is 0 Å². The molecule has 0 saturated carbocycles. The van der Waals surface area contributed by atoms with E-state index in [2.05, 4.69) is 20.6 Å². The first-order valence-electron chi connectivity index (χ1n) is 8.83. The van der Waals surface area contributed by atoms with Crippen molar-refractivity contribution in [3.63, 3.8) is 0 Å². The van der Waals surface area contributed by atoms with Crippen molar-refractivity contribution < 1.29 is 14.3 Å². The highest BCUT2D eigenvalue weighted by molar-refractivity contribution is 5.92. The van der Waals surface area contributed by atoms with Crippen molar-refractivity contribution in [2.75, 3.05) is 26.1 Å². The number of ether oxygens (including phenoxy) is 2. The lowest BCUT2D eigenvalue weighted by Crippen LogP contribution is -2.26. The molecule has 2 aromatic carbocycles. The van der Waals surface area contributed by atoms with Gasteiger partial charge in [0.1, 0.15) is 29.3 Å². The Morgan fingerprint density at radius 1 is 1.00 bits per heavy atom. The van der Waals surface area contributed by atoms with E-state index in [0.29, 0.717) is 24.5 Å². The molecule has 0 aliphatic rings. The van der Waals surface area contributed by atoms with E-state index >= 15 is 0 Å². The van der Waals surface area contributed by atoms with E-state index in [1.165, 1.54) is 6.33 Å². The normalized spacial score (nSPS) is 10.2. The van der Waals surface area contributed by atoms with Gasteiger partial charge in [0.25, 0.3) is 5.91 Å². The van der Waals surface area contributed by atoms with Crippen LogP contribution >= 0.6 is 0 Å². The minimum absolute atomic E-state index is 0.255. The van der Waals surface area contributed by atoms with Crippen molar-refractivity contribution in [1.82, 2.24) is 15.3 Å². The summed E-state index contributed by atoms with van der Waals surface area (Å²) in [4.78, 5) is 20.6. The molecule has 1 amide bonds. The van der Waals surface area contributed by atoms with Crippen molar-refractivity contribution in [3.8, 4) is 11.5 Å². The number of hydrogen-bond acceptors (Lipinski definition) is 6. The highest BCUT2D eigenvalue weighted by atomic mass is 16.5. The summed E-state index contributed by atoms with van der Waals surface area (Å²) in [6, 6.07) is 16.8. The predicted molar refractivity (Wildman–Crippen MR) is 107 cm³/mol. The van der Waals surface area contributed by atoms with Gasteiger partial charge in [-0.25, -0.2) is 9.97 Å². The van der Waals surface area contributed by atoms with Gasteiger partial charge < -0.3 is 20.1 Å². The molecule has 144 valence electrons. The van der Waals surface area contributed by atoms with Crippen LogP contribution in [0.15, 0.2) is 60.9 Å². The summed E-state index contributed by atoms with van der Waals surface area (Å²) in [5.41, 5.74) is 2.17. The molecule has 3 rings (SSSR count). The van der Waals surface area contributed by atoms with Crippen LogP contribution in [0.2, 0.25) is 0 Å². The predicted octanol–water partition coefficient (Wildman–Crippen LogP) is 3.21. The molecule has 0 aliphatic carbocycles. The van der Waals surface area contributed by atoms with Gasteiger partial charge >= 0.3 is 0 Å². The first kappa shape index (κ1) is 19.2. The van der Waals surface area contributed by atoms with Crippen LogP contribution in [0, 0.1) is 0 Å². The van der Waals surface area contributed by atoms with Crippen LogP contribution in [0.1, 0.15) is 16.1 Å². The van der Waals surface area contributed by atoms with E-state index in [1.54, 1.807) is 20.3 Å². The Bertz CT molecular complexity index is 929. The van der Waals surface area contributed by atoms with Gasteiger partial charge in [-0.1, -0.05) is 18.2 Å². The van der Waals surface area contributed by atoms with Crippen molar-refractivity contribution in [1.29, 1.82) is 0 Å². The molecular weight excluding hydrogens is 356 g/mol. The standard InChI is InChI=1S/C21H22N4O3/c1-27-17-9-7-16(8-10-17)25-20-13-18(23-14-24-20)21(26)22-12-11-15-5-3-4-6-19(15)28-2/h3-10,13-14H,11-12H2,1-2H3,(H,22,26)(H,23,24,25). The number of carbonyl (C=O) groups is 1. The molecule has 1 aromatic heterocycles. The van der Waals surface area contributed by atoms with Crippen LogP contribution in [-0.4, -0.2) is 36.6 Å². The number of nitrogens with one attached hydrogen (secondary N) is 2. The van der Waals surface area contributed by atoms with Gasteiger partial charge in [0.2, 0.25) is 0 Å². The van der Waals surface area contributed by atoms with E-state index in [-0.39, 0.29) is 5.91 Å². The number of aromatic nitrogens is 2. The Morgan fingerprint density at radius 2 is 1.79 bits per heavy atom. The molecule has 0 fully saturated rings. The molecule has 2 N–H and O–H groups in total. The van der Waals surface area contributed by atoms with Crippen LogP contribution in [0.25, 0.3) is 0 Å². The molecule has 28 heavy (non-hydrogen) atoms. The molecule has 0 radical (unpaired) electrons. The number of carbonyl (C=O) groups excluding carboxylic acids is 1. The Morgan fingerprint density at radius 3 is 2.54 bits per heavy atom. The van der Waals surface area contributed by atoms with Gasteiger partial charge in [0.15, 0.2) is 0 Å².